The Morgan fingerprint density at radius 2 is 2.14 bits per heavy atom. The SMILES string of the molecule is CCCCc1nc2c(N)nc3c(c2n1CC(C)C)N=CCC3. The number of hydrogen-bond acceptors (Lipinski definition) is 4. The minimum atomic E-state index is 0.547. The predicted octanol–water partition coefficient (Wildman–Crippen LogP) is 3.66. The summed E-state index contributed by atoms with van der Waals surface area (Å²) in [6, 6.07) is 0. The lowest BCUT2D eigenvalue weighted by Gasteiger charge is -2.15. The third-order valence-corrected chi connectivity index (χ3v) is 4.07. The molecule has 0 bridgehead atoms. The first kappa shape index (κ1) is 15.0. The van der Waals surface area contributed by atoms with E-state index in [9.17, 15) is 0 Å². The van der Waals surface area contributed by atoms with Crippen molar-refractivity contribution in [1.82, 2.24) is 14.5 Å². The highest BCUT2D eigenvalue weighted by atomic mass is 15.1. The van der Waals surface area contributed by atoms with Crippen LogP contribution in [0.2, 0.25) is 0 Å². The number of aryl methyl sites for hydroxylation is 2. The van der Waals surface area contributed by atoms with Crippen LogP contribution in [0.25, 0.3) is 11.0 Å². The van der Waals surface area contributed by atoms with E-state index in [1.807, 2.05) is 6.21 Å². The molecule has 0 amide bonds. The van der Waals surface area contributed by atoms with Gasteiger partial charge in [-0.1, -0.05) is 27.2 Å². The van der Waals surface area contributed by atoms with Gasteiger partial charge in [-0.3, -0.25) is 4.99 Å². The molecule has 0 aliphatic carbocycles. The van der Waals surface area contributed by atoms with Crippen molar-refractivity contribution in [3.8, 4) is 0 Å². The summed E-state index contributed by atoms with van der Waals surface area (Å²) in [7, 11) is 0. The Morgan fingerprint density at radius 1 is 1.32 bits per heavy atom. The van der Waals surface area contributed by atoms with Gasteiger partial charge in [-0.2, -0.15) is 0 Å². The Labute approximate surface area is 131 Å². The molecule has 22 heavy (non-hydrogen) atoms. The van der Waals surface area contributed by atoms with Crippen LogP contribution in [-0.2, 0) is 19.4 Å². The highest BCUT2D eigenvalue weighted by Gasteiger charge is 2.21. The Morgan fingerprint density at radius 3 is 2.86 bits per heavy atom. The summed E-state index contributed by atoms with van der Waals surface area (Å²) >= 11 is 0. The number of imidazole rings is 1. The van der Waals surface area contributed by atoms with Gasteiger partial charge in [-0.05, 0) is 25.2 Å². The first-order valence-electron chi connectivity index (χ1n) is 8.31. The second-order valence-electron chi connectivity index (χ2n) is 6.48. The van der Waals surface area contributed by atoms with Crippen LogP contribution in [0.1, 0.15) is 51.6 Å². The summed E-state index contributed by atoms with van der Waals surface area (Å²) in [4.78, 5) is 14.0. The second-order valence-corrected chi connectivity index (χ2v) is 6.48. The average molecular weight is 299 g/mol. The molecular formula is C17H25N5. The van der Waals surface area contributed by atoms with Gasteiger partial charge in [0.1, 0.15) is 17.0 Å². The molecule has 0 aromatic carbocycles. The van der Waals surface area contributed by atoms with Gasteiger partial charge in [-0.15, -0.1) is 0 Å². The van der Waals surface area contributed by atoms with Crippen molar-refractivity contribution in [2.45, 2.75) is 59.4 Å². The number of anilines is 1. The van der Waals surface area contributed by atoms with Crippen molar-refractivity contribution in [1.29, 1.82) is 0 Å². The number of aromatic nitrogens is 3. The van der Waals surface area contributed by atoms with E-state index < -0.39 is 0 Å². The van der Waals surface area contributed by atoms with E-state index in [0.29, 0.717) is 11.7 Å². The van der Waals surface area contributed by atoms with Crippen LogP contribution in [0.15, 0.2) is 4.99 Å². The normalized spacial score (nSPS) is 14.0. The lowest BCUT2D eigenvalue weighted by atomic mass is 10.1. The van der Waals surface area contributed by atoms with Gasteiger partial charge in [0.15, 0.2) is 5.82 Å². The van der Waals surface area contributed by atoms with Crippen molar-refractivity contribution in [2.24, 2.45) is 10.9 Å². The zero-order chi connectivity index (χ0) is 15.7. The molecule has 2 aromatic rings. The number of pyridine rings is 1. The molecule has 5 heteroatoms. The molecule has 1 aliphatic rings. The first-order chi connectivity index (χ1) is 10.6. The monoisotopic (exact) mass is 299 g/mol. The minimum absolute atomic E-state index is 0.547. The van der Waals surface area contributed by atoms with Crippen LogP contribution in [0.5, 0.6) is 0 Å². The molecule has 3 heterocycles. The van der Waals surface area contributed by atoms with Crippen LogP contribution in [0.3, 0.4) is 0 Å². The number of hydrogen-bond donors (Lipinski definition) is 1. The van der Waals surface area contributed by atoms with Gasteiger partial charge in [0, 0.05) is 19.2 Å². The molecule has 1 aliphatic heterocycles. The Hall–Kier alpha value is -1.91. The largest absolute Gasteiger partial charge is 0.382 e. The van der Waals surface area contributed by atoms with E-state index in [-0.39, 0.29) is 0 Å². The molecule has 0 spiro atoms. The summed E-state index contributed by atoms with van der Waals surface area (Å²) in [5.74, 6) is 2.22. The van der Waals surface area contributed by atoms with Crippen molar-refractivity contribution in [3.05, 3.63) is 11.5 Å². The summed E-state index contributed by atoms with van der Waals surface area (Å²) in [6.07, 6.45) is 7.12. The van der Waals surface area contributed by atoms with E-state index in [1.165, 1.54) is 0 Å². The van der Waals surface area contributed by atoms with E-state index >= 15 is 0 Å². The maximum absolute atomic E-state index is 6.18. The molecule has 2 aromatic heterocycles. The van der Waals surface area contributed by atoms with Crippen LogP contribution >= 0.6 is 0 Å². The number of nitrogens with two attached hydrogens (primary N) is 1. The highest BCUT2D eigenvalue weighted by Crippen LogP contribution is 2.35. The quantitative estimate of drug-likeness (QED) is 0.916. The van der Waals surface area contributed by atoms with Gasteiger partial charge in [-0.25, -0.2) is 9.97 Å². The molecule has 0 atom stereocenters. The number of nitrogens with zero attached hydrogens (tertiary/aromatic N) is 4. The third kappa shape index (κ3) is 2.60. The first-order valence-corrected chi connectivity index (χ1v) is 8.31. The molecule has 0 radical (unpaired) electrons. The van der Waals surface area contributed by atoms with Gasteiger partial charge >= 0.3 is 0 Å². The predicted molar refractivity (Wildman–Crippen MR) is 91.9 cm³/mol. The summed E-state index contributed by atoms with van der Waals surface area (Å²) in [5.41, 5.74) is 10.1. The zero-order valence-electron chi connectivity index (χ0n) is 13.8. The molecule has 0 saturated heterocycles. The fourth-order valence-electron chi connectivity index (χ4n) is 3.06. The van der Waals surface area contributed by atoms with Gasteiger partial charge in [0.25, 0.3) is 0 Å². The number of nitrogen functional groups attached to an aromatic ring is 1. The van der Waals surface area contributed by atoms with Crippen LogP contribution in [0, 0.1) is 5.92 Å². The fourth-order valence-corrected chi connectivity index (χ4v) is 3.06. The second kappa shape index (κ2) is 6.07. The van der Waals surface area contributed by atoms with E-state index in [1.54, 1.807) is 0 Å². The Balaban J connectivity index is 2.24. The Kier molecular flexibility index (Phi) is 4.14. The van der Waals surface area contributed by atoms with Gasteiger partial charge < -0.3 is 10.3 Å². The Bertz CT molecular complexity index is 712. The topological polar surface area (TPSA) is 69.1 Å². The van der Waals surface area contributed by atoms with Gasteiger partial charge in [0.2, 0.25) is 0 Å². The molecule has 3 rings (SSSR count). The van der Waals surface area contributed by atoms with Crippen molar-refractivity contribution in [3.63, 3.8) is 0 Å². The molecular weight excluding hydrogens is 274 g/mol. The summed E-state index contributed by atoms with van der Waals surface area (Å²) in [6.45, 7) is 7.61. The molecule has 0 saturated carbocycles. The molecule has 2 N–H and O–H groups in total. The summed E-state index contributed by atoms with van der Waals surface area (Å²) < 4.78 is 2.33. The molecule has 118 valence electrons. The van der Waals surface area contributed by atoms with E-state index in [4.69, 9.17) is 10.7 Å². The fraction of sp³-hybridized carbons (Fsp3) is 0.588. The van der Waals surface area contributed by atoms with Crippen molar-refractivity contribution in [2.75, 3.05) is 5.73 Å². The number of aliphatic imine (C=N–C) groups is 1. The average Bonchev–Trinajstić information content (AvgIpc) is 2.84. The molecule has 0 unspecified atom stereocenters. The lowest BCUT2D eigenvalue weighted by Crippen LogP contribution is -2.10. The highest BCUT2D eigenvalue weighted by molar-refractivity contribution is 5.96. The maximum Gasteiger partial charge on any atom is 0.152 e. The van der Waals surface area contributed by atoms with Gasteiger partial charge in [0.05, 0.1) is 11.2 Å². The molecule has 0 fully saturated rings. The van der Waals surface area contributed by atoms with Crippen LogP contribution in [-0.4, -0.2) is 20.7 Å². The minimum Gasteiger partial charge on any atom is -0.382 e. The van der Waals surface area contributed by atoms with E-state index in [2.05, 4.69) is 35.3 Å². The molecule has 5 nitrogen and oxygen atoms in total. The standard InChI is InChI=1S/C17H25N5/c1-4-5-8-13-21-15-16(22(13)10-11(2)3)14-12(20-17(15)18)7-6-9-19-14/h9,11H,4-8,10H2,1-3H3,(H2,18,20). The lowest BCUT2D eigenvalue weighted by molar-refractivity contribution is 0.513. The summed E-state index contributed by atoms with van der Waals surface area (Å²) in [5, 5.41) is 0. The van der Waals surface area contributed by atoms with Crippen LogP contribution in [0.4, 0.5) is 11.5 Å². The van der Waals surface area contributed by atoms with E-state index in [0.717, 1.165) is 66.9 Å². The van der Waals surface area contributed by atoms with Crippen molar-refractivity contribution < 1.29 is 0 Å². The number of fused-ring (bicyclic) bond motifs is 3. The van der Waals surface area contributed by atoms with Crippen molar-refractivity contribution >= 4 is 28.8 Å². The van der Waals surface area contributed by atoms with Crippen LogP contribution < -0.4 is 5.73 Å². The smallest absolute Gasteiger partial charge is 0.152 e. The number of rotatable bonds is 5. The number of unbranched alkanes of at least 4 members (excludes halogenated alkanes) is 1. The zero-order valence-corrected chi connectivity index (χ0v) is 13.8. The third-order valence-electron chi connectivity index (χ3n) is 4.07. The maximum atomic E-state index is 6.18.